The van der Waals surface area contributed by atoms with E-state index in [4.69, 9.17) is 4.74 Å². The lowest BCUT2D eigenvalue weighted by Crippen LogP contribution is -2.46. The summed E-state index contributed by atoms with van der Waals surface area (Å²) >= 11 is 5.55. The van der Waals surface area contributed by atoms with Crippen LogP contribution in [0.3, 0.4) is 0 Å². The highest BCUT2D eigenvalue weighted by Crippen LogP contribution is 2.44. The highest BCUT2D eigenvalue weighted by atomic mass is 79.9. The molecule has 1 saturated carbocycles. The molecule has 2 rings (SSSR count). The molecular formula is C16H26BrNOS. The molecule has 0 aliphatic heterocycles. The zero-order chi connectivity index (χ0) is 14.4. The van der Waals surface area contributed by atoms with Gasteiger partial charge in [0.25, 0.3) is 0 Å². The Morgan fingerprint density at radius 1 is 1.30 bits per heavy atom. The topological polar surface area (TPSA) is 21.3 Å². The summed E-state index contributed by atoms with van der Waals surface area (Å²) in [6.45, 7) is 6.08. The second-order valence-electron chi connectivity index (χ2n) is 5.54. The number of thiophene rings is 1. The zero-order valence-electron chi connectivity index (χ0n) is 12.6. The van der Waals surface area contributed by atoms with E-state index in [1.54, 1.807) is 0 Å². The molecule has 1 N–H and O–H groups in total. The molecule has 4 heteroatoms. The van der Waals surface area contributed by atoms with Crippen LogP contribution in [0.25, 0.3) is 0 Å². The summed E-state index contributed by atoms with van der Waals surface area (Å²) in [5.41, 5.74) is -0.0331. The largest absolute Gasteiger partial charge is 0.373 e. The molecule has 1 fully saturated rings. The average molecular weight is 360 g/mol. The van der Waals surface area contributed by atoms with Crippen LogP contribution in [0.4, 0.5) is 0 Å². The van der Waals surface area contributed by atoms with Gasteiger partial charge in [-0.25, -0.2) is 0 Å². The number of hydrogen-bond acceptors (Lipinski definition) is 3. The maximum Gasteiger partial charge on any atom is 0.0884 e. The lowest BCUT2D eigenvalue weighted by atomic mass is 9.85. The van der Waals surface area contributed by atoms with Crippen molar-refractivity contribution in [3.05, 3.63) is 20.8 Å². The second kappa shape index (κ2) is 7.92. The molecule has 1 aliphatic carbocycles. The van der Waals surface area contributed by atoms with E-state index in [9.17, 15) is 0 Å². The molecule has 0 spiro atoms. The van der Waals surface area contributed by atoms with E-state index in [1.807, 2.05) is 11.3 Å². The first kappa shape index (κ1) is 16.5. The Bertz CT molecular complexity index is 399. The Balaban J connectivity index is 2.33. The molecule has 1 aromatic heterocycles. The highest BCUT2D eigenvalue weighted by Gasteiger charge is 2.41. The third kappa shape index (κ3) is 3.65. The van der Waals surface area contributed by atoms with Crippen LogP contribution in [0.2, 0.25) is 0 Å². The molecule has 1 heterocycles. The number of rotatable bonds is 6. The van der Waals surface area contributed by atoms with Gasteiger partial charge in [0.15, 0.2) is 0 Å². The van der Waals surface area contributed by atoms with Gasteiger partial charge in [0, 0.05) is 16.0 Å². The van der Waals surface area contributed by atoms with Crippen molar-refractivity contribution in [3.63, 3.8) is 0 Å². The minimum Gasteiger partial charge on any atom is -0.373 e. The van der Waals surface area contributed by atoms with Crippen LogP contribution in [-0.2, 0) is 4.74 Å². The Morgan fingerprint density at radius 2 is 2.00 bits per heavy atom. The van der Waals surface area contributed by atoms with Gasteiger partial charge in [-0.15, -0.1) is 11.3 Å². The summed E-state index contributed by atoms with van der Waals surface area (Å²) in [4.78, 5) is 1.39. The summed E-state index contributed by atoms with van der Waals surface area (Å²) in [7, 11) is 0. The number of ether oxygens (including phenoxy) is 1. The number of hydrogen-bond donors (Lipinski definition) is 1. The van der Waals surface area contributed by atoms with Crippen molar-refractivity contribution in [2.24, 2.45) is 0 Å². The van der Waals surface area contributed by atoms with Crippen LogP contribution in [0.15, 0.2) is 15.9 Å². The Labute approximate surface area is 135 Å². The Kier molecular flexibility index (Phi) is 6.53. The number of halogens is 1. The summed E-state index contributed by atoms with van der Waals surface area (Å²) < 4.78 is 7.59. The van der Waals surface area contributed by atoms with Crippen LogP contribution < -0.4 is 5.32 Å². The molecule has 0 bridgehead atoms. The molecule has 114 valence electrons. The van der Waals surface area contributed by atoms with Gasteiger partial charge in [0.05, 0.1) is 11.6 Å². The normalized spacial score (nSPS) is 20.6. The minimum absolute atomic E-state index is 0.0331. The Morgan fingerprint density at radius 3 is 2.50 bits per heavy atom. The molecule has 0 saturated heterocycles. The van der Waals surface area contributed by atoms with Crippen LogP contribution in [-0.4, -0.2) is 18.8 Å². The lowest BCUT2D eigenvalue weighted by Gasteiger charge is -2.40. The van der Waals surface area contributed by atoms with Crippen molar-refractivity contribution in [2.45, 2.75) is 64.0 Å². The first-order chi connectivity index (χ1) is 9.73. The van der Waals surface area contributed by atoms with E-state index in [0.717, 1.165) is 13.2 Å². The van der Waals surface area contributed by atoms with Gasteiger partial charge >= 0.3 is 0 Å². The summed E-state index contributed by atoms with van der Waals surface area (Å²) in [5, 5.41) is 5.87. The van der Waals surface area contributed by atoms with E-state index >= 15 is 0 Å². The summed E-state index contributed by atoms with van der Waals surface area (Å²) in [6, 6.07) is 2.46. The van der Waals surface area contributed by atoms with Crippen molar-refractivity contribution in [1.82, 2.24) is 5.32 Å². The van der Waals surface area contributed by atoms with E-state index in [-0.39, 0.29) is 5.60 Å². The molecule has 0 radical (unpaired) electrons. The van der Waals surface area contributed by atoms with Gasteiger partial charge in [-0.05, 0) is 53.7 Å². The molecule has 1 atom stereocenters. The second-order valence-corrected chi connectivity index (χ2v) is 7.34. The van der Waals surface area contributed by atoms with Gasteiger partial charge in [-0.1, -0.05) is 32.6 Å². The fraction of sp³-hybridized carbons (Fsp3) is 0.750. The highest BCUT2D eigenvalue weighted by molar-refractivity contribution is 9.10. The molecular weight excluding hydrogens is 334 g/mol. The van der Waals surface area contributed by atoms with Crippen molar-refractivity contribution in [2.75, 3.05) is 13.2 Å². The standard InChI is InChI=1S/C16H26BrNOS/c1-3-18-15(14-13(17)9-12-20-14)16(19-4-2)10-7-5-6-8-11-16/h9,12,15,18H,3-8,10-11H2,1-2H3. The van der Waals surface area contributed by atoms with Gasteiger partial charge in [-0.2, -0.15) is 0 Å². The molecule has 2 nitrogen and oxygen atoms in total. The molecule has 1 unspecified atom stereocenters. The van der Waals surface area contributed by atoms with E-state index in [0.29, 0.717) is 6.04 Å². The van der Waals surface area contributed by atoms with Crippen molar-refractivity contribution in [1.29, 1.82) is 0 Å². The number of nitrogens with one attached hydrogen (secondary N) is 1. The molecule has 1 aliphatic rings. The van der Waals surface area contributed by atoms with Crippen LogP contribution in [0.1, 0.15) is 63.3 Å². The first-order valence-corrected chi connectivity index (χ1v) is 9.51. The first-order valence-electron chi connectivity index (χ1n) is 7.83. The summed E-state index contributed by atoms with van der Waals surface area (Å²) in [6.07, 6.45) is 7.60. The smallest absolute Gasteiger partial charge is 0.0884 e. The third-order valence-corrected chi connectivity index (χ3v) is 6.16. The fourth-order valence-electron chi connectivity index (χ4n) is 3.36. The zero-order valence-corrected chi connectivity index (χ0v) is 15.0. The third-order valence-electron chi connectivity index (χ3n) is 4.22. The van der Waals surface area contributed by atoms with Crippen LogP contribution >= 0.6 is 27.3 Å². The predicted octanol–water partition coefficient (Wildman–Crippen LogP) is 5.29. The Hall–Kier alpha value is 0.1000. The fourth-order valence-corrected chi connectivity index (χ4v) is 5.15. The van der Waals surface area contributed by atoms with Gasteiger partial charge in [0.1, 0.15) is 0 Å². The predicted molar refractivity (Wildman–Crippen MR) is 90.5 cm³/mol. The van der Waals surface area contributed by atoms with E-state index < -0.39 is 0 Å². The molecule has 20 heavy (non-hydrogen) atoms. The van der Waals surface area contributed by atoms with Crippen molar-refractivity contribution >= 4 is 27.3 Å². The SMILES string of the molecule is CCNC(c1sccc1Br)C1(OCC)CCCCCC1. The van der Waals surface area contributed by atoms with Crippen LogP contribution in [0, 0.1) is 0 Å². The van der Waals surface area contributed by atoms with Crippen molar-refractivity contribution in [3.8, 4) is 0 Å². The maximum absolute atomic E-state index is 6.37. The van der Waals surface area contributed by atoms with Gasteiger partial charge in [-0.3, -0.25) is 0 Å². The minimum atomic E-state index is -0.0331. The molecule has 1 aromatic rings. The van der Waals surface area contributed by atoms with Crippen molar-refractivity contribution < 1.29 is 4.74 Å². The van der Waals surface area contributed by atoms with E-state index in [1.165, 1.54) is 47.9 Å². The monoisotopic (exact) mass is 359 g/mol. The molecule has 0 amide bonds. The lowest BCUT2D eigenvalue weighted by molar-refractivity contribution is -0.0772. The summed E-state index contributed by atoms with van der Waals surface area (Å²) in [5.74, 6) is 0. The maximum atomic E-state index is 6.37. The van der Waals surface area contributed by atoms with Gasteiger partial charge in [0.2, 0.25) is 0 Å². The van der Waals surface area contributed by atoms with Crippen LogP contribution in [0.5, 0.6) is 0 Å². The number of likely N-dealkylation sites (N-methyl/N-ethyl adjacent to an activating group) is 1. The van der Waals surface area contributed by atoms with E-state index in [2.05, 4.69) is 46.5 Å². The average Bonchev–Trinajstić information content (AvgIpc) is 2.72. The van der Waals surface area contributed by atoms with Gasteiger partial charge < -0.3 is 10.1 Å². The molecule has 0 aromatic carbocycles. The quantitative estimate of drug-likeness (QED) is 0.696.